The predicted molar refractivity (Wildman–Crippen MR) is 103 cm³/mol. The zero-order valence-corrected chi connectivity index (χ0v) is 16.2. The zero-order chi connectivity index (χ0) is 20.5. The molecule has 1 atom stereocenters. The summed E-state index contributed by atoms with van der Waals surface area (Å²) in [6, 6.07) is 9.53. The fourth-order valence-electron chi connectivity index (χ4n) is 2.86. The van der Waals surface area contributed by atoms with Gasteiger partial charge in [-0.3, -0.25) is 9.69 Å². The number of urea groups is 1. The van der Waals surface area contributed by atoms with Crippen LogP contribution in [0.25, 0.3) is 0 Å². The maximum atomic E-state index is 13.3. The fraction of sp³-hybridized carbons (Fsp3) is 0.263. The van der Waals surface area contributed by atoms with Crippen LogP contribution < -0.4 is 14.5 Å². The quantitative estimate of drug-likeness (QED) is 0.829. The number of hydrogen-bond donors (Lipinski definition) is 1. The van der Waals surface area contributed by atoms with Crippen molar-refractivity contribution in [1.82, 2.24) is 5.32 Å². The molecule has 0 aromatic heterocycles. The minimum Gasteiger partial charge on any atom is -0.352 e. The summed E-state index contributed by atoms with van der Waals surface area (Å²) in [7, 11) is -4.21. The van der Waals surface area contributed by atoms with Crippen molar-refractivity contribution in [2.24, 2.45) is 0 Å². The highest BCUT2D eigenvalue weighted by Crippen LogP contribution is 2.36. The van der Waals surface area contributed by atoms with Gasteiger partial charge in [0.15, 0.2) is 0 Å². The van der Waals surface area contributed by atoms with Gasteiger partial charge in [-0.2, -0.15) is 4.31 Å². The van der Waals surface area contributed by atoms with Gasteiger partial charge >= 0.3 is 6.03 Å². The maximum absolute atomic E-state index is 13.3. The van der Waals surface area contributed by atoms with Crippen LogP contribution in [-0.4, -0.2) is 32.9 Å². The summed E-state index contributed by atoms with van der Waals surface area (Å²) in [6.45, 7) is 3.40. The SMILES string of the molecule is CCC(C)NC(=O)CN1C(=O)N(c2ccc(F)cc2)S(=O)(=O)c2ccccc21. The van der Waals surface area contributed by atoms with E-state index >= 15 is 0 Å². The van der Waals surface area contributed by atoms with Crippen LogP contribution in [0.5, 0.6) is 0 Å². The van der Waals surface area contributed by atoms with Crippen LogP contribution in [0.2, 0.25) is 0 Å². The standard InChI is InChI=1S/C19H20FN3O4S/c1-3-13(2)21-18(24)12-22-16-6-4-5-7-17(16)28(26,27)23(19(22)25)15-10-8-14(20)9-11-15/h4-11,13H,3,12H2,1-2H3,(H,21,24). The van der Waals surface area contributed by atoms with E-state index in [4.69, 9.17) is 0 Å². The second-order valence-corrected chi connectivity index (χ2v) is 8.21. The number of nitrogens with zero attached hydrogens (tertiary/aromatic N) is 2. The van der Waals surface area contributed by atoms with Gasteiger partial charge in [-0.05, 0) is 49.7 Å². The summed E-state index contributed by atoms with van der Waals surface area (Å²) >= 11 is 0. The number of hydrogen-bond acceptors (Lipinski definition) is 4. The lowest BCUT2D eigenvalue weighted by Gasteiger charge is -2.36. The minimum absolute atomic E-state index is 0.00626. The van der Waals surface area contributed by atoms with Gasteiger partial charge in [0, 0.05) is 6.04 Å². The molecule has 1 aliphatic heterocycles. The van der Waals surface area contributed by atoms with Crippen LogP contribution in [-0.2, 0) is 14.8 Å². The third kappa shape index (κ3) is 3.57. The van der Waals surface area contributed by atoms with Gasteiger partial charge in [0.05, 0.1) is 11.4 Å². The second-order valence-electron chi connectivity index (χ2n) is 6.46. The van der Waals surface area contributed by atoms with Gasteiger partial charge < -0.3 is 5.32 Å². The summed E-state index contributed by atoms with van der Waals surface area (Å²) in [5, 5.41) is 2.76. The number of anilines is 2. The average Bonchev–Trinajstić information content (AvgIpc) is 2.66. The molecule has 2 aromatic carbocycles. The number of amides is 3. The summed E-state index contributed by atoms with van der Waals surface area (Å²) in [5.74, 6) is -0.966. The predicted octanol–water partition coefficient (Wildman–Crippen LogP) is 2.88. The lowest BCUT2D eigenvalue weighted by Crippen LogP contribution is -2.54. The molecular weight excluding hydrogens is 385 g/mol. The number of benzene rings is 2. The molecular formula is C19H20FN3O4S. The van der Waals surface area contributed by atoms with Crippen LogP contribution in [0, 0.1) is 5.82 Å². The lowest BCUT2D eigenvalue weighted by molar-refractivity contribution is -0.120. The van der Waals surface area contributed by atoms with E-state index in [2.05, 4.69) is 5.32 Å². The molecule has 0 saturated carbocycles. The van der Waals surface area contributed by atoms with Crippen molar-refractivity contribution in [3.63, 3.8) is 0 Å². The minimum atomic E-state index is -4.21. The molecule has 9 heteroatoms. The Labute approximate surface area is 162 Å². The van der Waals surface area contributed by atoms with Crippen molar-refractivity contribution >= 4 is 33.3 Å². The zero-order valence-electron chi connectivity index (χ0n) is 15.4. The first-order chi connectivity index (χ1) is 13.3. The summed E-state index contributed by atoms with van der Waals surface area (Å²) in [4.78, 5) is 26.4. The third-order valence-corrected chi connectivity index (χ3v) is 6.21. The normalized spacial score (nSPS) is 16.5. The van der Waals surface area contributed by atoms with Gasteiger partial charge in [-0.15, -0.1) is 0 Å². The molecule has 1 aliphatic rings. The summed E-state index contributed by atoms with van der Waals surface area (Å²) in [5.41, 5.74) is 0.124. The van der Waals surface area contributed by atoms with E-state index in [-0.39, 0.29) is 28.9 Å². The highest BCUT2D eigenvalue weighted by molar-refractivity contribution is 7.94. The molecule has 1 heterocycles. The molecule has 0 bridgehead atoms. The molecule has 0 spiro atoms. The molecule has 0 aliphatic carbocycles. The van der Waals surface area contributed by atoms with Gasteiger partial charge in [0.2, 0.25) is 5.91 Å². The molecule has 0 radical (unpaired) electrons. The number of para-hydroxylation sites is 1. The van der Waals surface area contributed by atoms with Crippen molar-refractivity contribution in [2.75, 3.05) is 15.7 Å². The Bertz CT molecular complexity index is 1010. The molecule has 0 fully saturated rings. The van der Waals surface area contributed by atoms with E-state index in [0.717, 1.165) is 17.0 Å². The largest absolute Gasteiger partial charge is 0.352 e. The van der Waals surface area contributed by atoms with Crippen molar-refractivity contribution < 1.29 is 22.4 Å². The van der Waals surface area contributed by atoms with E-state index in [0.29, 0.717) is 10.7 Å². The lowest BCUT2D eigenvalue weighted by atomic mass is 10.2. The fourth-order valence-corrected chi connectivity index (χ4v) is 4.45. The van der Waals surface area contributed by atoms with Crippen LogP contribution in [0.15, 0.2) is 53.4 Å². The van der Waals surface area contributed by atoms with Crippen molar-refractivity contribution in [3.8, 4) is 0 Å². The van der Waals surface area contributed by atoms with E-state index in [1.807, 2.05) is 13.8 Å². The molecule has 7 nitrogen and oxygen atoms in total. The van der Waals surface area contributed by atoms with E-state index in [1.165, 1.54) is 30.3 Å². The molecule has 3 amide bonds. The Morgan fingerprint density at radius 3 is 2.43 bits per heavy atom. The smallest absolute Gasteiger partial charge is 0.343 e. The van der Waals surface area contributed by atoms with Crippen LogP contribution in [0.3, 0.4) is 0 Å². The van der Waals surface area contributed by atoms with Gasteiger partial charge in [0.25, 0.3) is 10.0 Å². The molecule has 0 saturated heterocycles. The first kappa shape index (κ1) is 19.8. The Morgan fingerprint density at radius 1 is 1.14 bits per heavy atom. The number of rotatable bonds is 5. The van der Waals surface area contributed by atoms with Crippen LogP contribution in [0.4, 0.5) is 20.6 Å². The molecule has 148 valence electrons. The van der Waals surface area contributed by atoms with E-state index in [9.17, 15) is 22.4 Å². The van der Waals surface area contributed by atoms with E-state index in [1.54, 1.807) is 6.07 Å². The van der Waals surface area contributed by atoms with Crippen LogP contribution >= 0.6 is 0 Å². The topological polar surface area (TPSA) is 86.8 Å². The van der Waals surface area contributed by atoms with Gasteiger partial charge in [-0.25, -0.2) is 17.6 Å². The Morgan fingerprint density at radius 2 is 1.79 bits per heavy atom. The Kier molecular flexibility index (Phi) is 5.37. The molecule has 1 N–H and O–H groups in total. The van der Waals surface area contributed by atoms with Crippen LogP contribution in [0.1, 0.15) is 20.3 Å². The highest BCUT2D eigenvalue weighted by Gasteiger charge is 2.43. The van der Waals surface area contributed by atoms with E-state index < -0.39 is 27.8 Å². The second kappa shape index (κ2) is 7.59. The first-order valence-corrected chi connectivity index (χ1v) is 10.2. The van der Waals surface area contributed by atoms with Gasteiger partial charge in [0.1, 0.15) is 17.3 Å². The molecule has 3 rings (SSSR count). The number of carbonyl (C=O) groups excluding carboxylic acids is 2. The van der Waals surface area contributed by atoms with Crippen molar-refractivity contribution in [1.29, 1.82) is 0 Å². The first-order valence-electron chi connectivity index (χ1n) is 8.76. The highest BCUT2D eigenvalue weighted by atomic mass is 32.2. The molecule has 2 aromatic rings. The molecule has 1 unspecified atom stereocenters. The number of nitrogens with one attached hydrogen (secondary N) is 1. The average molecular weight is 405 g/mol. The van der Waals surface area contributed by atoms with Crippen molar-refractivity contribution in [2.45, 2.75) is 31.2 Å². The Balaban J connectivity index is 2.06. The van der Waals surface area contributed by atoms with Gasteiger partial charge in [-0.1, -0.05) is 19.1 Å². The van der Waals surface area contributed by atoms with Crippen molar-refractivity contribution in [3.05, 3.63) is 54.3 Å². The Hall–Kier alpha value is -2.94. The summed E-state index contributed by atoms with van der Waals surface area (Å²) < 4.78 is 39.9. The third-order valence-electron chi connectivity index (χ3n) is 4.46. The maximum Gasteiger partial charge on any atom is 0.343 e. The number of halogens is 1. The number of carbonyl (C=O) groups is 2. The number of fused-ring (bicyclic) bond motifs is 1. The number of sulfonamides is 1. The summed E-state index contributed by atoms with van der Waals surface area (Å²) in [6.07, 6.45) is 0.715. The monoisotopic (exact) mass is 405 g/mol. The molecule has 28 heavy (non-hydrogen) atoms.